The van der Waals surface area contributed by atoms with Gasteiger partial charge in [-0.1, -0.05) is 0 Å². The van der Waals surface area contributed by atoms with Gasteiger partial charge in [-0.15, -0.1) is 0 Å². The van der Waals surface area contributed by atoms with Crippen LogP contribution in [0.1, 0.15) is 10.4 Å². The predicted molar refractivity (Wildman–Crippen MR) is 105 cm³/mol. The van der Waals surface area contributed by atoms with Gasteiger partial charge < -0.3 is 19.5 Å². The van der Waals surface area contributed by atoms with Crippen molar-refractivity contribution in [3.05, 3.63) is 70.5 Å². The summed E-state index contributed by atoms with van der Waals surface area (Å²) in [5, 5.41) is 7.18. The first-order valence-corrected chi connectivity index (χ1v) is 9.04. The zero-order chi connectivity index (χ0) is 20.2. The normalized spacial score (nSPS) is 11.9. The zero-order valence-corrected chi connectivity index (χ0v) is 15.8. The monoisotopic (exact) mass is 393 g/mol. The van der Waals surface area contributed by atoms with Crippen molar-refractivity contribution in [1.29, 1.82) is 0 Å². The summed E-state index contributed by atoms with van der Waals surface area (Å²) in [5.41, 5.74) is 1.75. The van der Waals surface area contributed by atoms with Crippen molar-refractivity contribution in [2.24, 2.45) is 0 Å². The van der Waals surface area contributed by atoms with Crippen molar-refractivity contribution in [2.75, 3.05) is 20.4 Å². The summed E-state index contributed by atoms with van der Waals surface area (Å²) in [7, 11) is 1.60. The summed E-state index contributed by atoms with van der Waals surface area (Å²) < 4.78 is 17.0. The molecule has 0 unspecified atom stereocenters. The number of benzene rings is 2. The fraction of sp³-hybridized carbons (Fsp3) is 0.190. The Morgan fingerprint density at radius 2 is 1.90 bits per heavy atom. The number of hydrogen-bond acceptors (Lipinski definition) is 6. The zero-order valence-electron chi connectivity index (χ0n) is 15.8. The van der Waals surface area contributed by atoms with Gasteiger partial charge in [0.1, 0.15) is 5.75 Å². The molecular weight excluding hydrogens is 374 g/mol. The van der Waals surface area contributed by atoms with Crippen molar-refractivity contribution in [3.8, 4) is 28.5 Å². The molecule has 1 aromatic heterocycles. The van der Waals surface area contributed by atoms with Gasteiger partial charge in [-0.2, -0.15) is 5.10 Å². The number of carbonyl (C=O) groups is 1. The molecule has 0 saturated heterocycles. The second-order valence-corrected chi connectivity index (χ2v) is 6.33. The van der Waals surface area contributed by atoms with E-state index in [1.54, 1.807) is 31.4 Å². The van der Waals surface area contributed by atoms with Crippen LogP contribution >= 0.6 is 0 Å². The SMILES string of the molecule is COc1ccc(-c2ccc(=O)n(CCNC(=O)c3ccc4c(c3)OCO4)n2)cc1. The summed E-state index contributed by atoms with van der Waals surface area (Å²) in [6.45, 7) is 0.658. The molecule has 0 atom stereocenters. The number of fused-ring (bicyclic) bond motifs is 1. The number of hydrogen-bond donors (Lipinski definition) is 1. The topological polar surface area (TPSA) is 91.7 Å². The molecule has 148 valence electrons. The highest BCUT2D eigenvalue weighted by Crippen LogP contribution is 2.32. The van der Waals surface area contributed by atoms with Gasteiger partial charge in [0.25, 0.3) is 11.5 Å². The van der Waals surface area contributed by atoms with Crippen molar-refractivity contribution >= 4 is 5.91 Å². The first kappa shape index (κ1) is 18.5. The van der Waals surface area contributed by atoms with Gasteiger partial charge in [0.15, 0.2) is 11.5 Å². The molecule has 3 aromatic rings. The molecular formula is C21H19N3O5. The van der Waals surface area contributed by atoms with E-state index in [4.69, 9.17) is 14.2 Å². The van der Waals surface area contributed by atoms with Gasteiger partial charge in [-0.05, 0) is 48.5 Å². The van der Waals surface area contributed by atoms with Crippen LogP contribution in [0.5, 0.6) is 17.2 Å². The van der Waals surface area contributed by atoms with E-state index in [-0.39, 0.29) is 31.3 Å². The second-order valence-electron chi connectivity index (χ2n) is 6.33. The molecule has 2 heterocycles. The molecule has 8 nitrogen and oxygen atoms in total. The lowest BCUT2D eigenvalue weighted by molar-refractivity contribution is 0.0951. The maximum atomic E-state index is 12.3. The van der Waals surface area contributed by atoms with Crippen LogP contribution < -0.4 is 25.1 Å². The number of aromatic nitrogens is 2. The first-order chi connectivity index (χ1) is 14.1. The smallest absolute Gasteiger partial charge is 0.266 e. The Morgan fingerprint density at radius 3 is 2.69 bits per heavy atom. The maximum Gasteiger partial charge on any atom is 0.266 e. The maximum absolute atomic E-state index is 12.3. The Hall–Kier alpha value is -3.81. The van der Waals surface area contributed by atoms with Crippen molar-refractivity contribution in [3.63, 3.8) is 0 Å². The van der Waals surface area contributed by atoms with Gasteiger partial charge in [-0.25, -0.2) is 4.68 Å². The largest absolute Gasteiger partial charge is 0.497 e. The third kappa shape index (κ3) is 4.06. The average molecular weight is 393 g/mol. The number of nitrogens with zero attached hydrogens (tertiary/aromatic N) is 2. The van der Waals surface area contributed by atoms with Crippen molar-refractivity contribution < 1.29 is 19.0 Å². The standard InChI is InChI=1S/C21H19N3O5/c1-27-16-5-2-14(3-6-16)17-7-9-20(25)24(23-17)11-10-22-21(26)15-4-8-18-19(12-15)29-13-28-18/h2-9,12H,10-11,13H2,1H3,(H,22,26). The van der Waals surface area contributed by atoms with Crippen molar-refractivity contribution in [1.82, 2.24) is 15.1 Å². The van der Waals surface area contributed by atoms with Gasteiger partial charge >= 0.3 is 0 Å². The number of carbonyl (C=O) groups excluding carboxylic acids is 1. The van der Waals surface area contributed by atoms with Gasteiger partial charge in [0.2, 0.25) is 6.79 Å². The number of ether oxygens (including phenoxy) is 3. The summed E-state index contributed by atoms with van der Waals surface area (Å²) >= 11 is 0. The minimum absolute atomic E-state index is 0.152. The van der Waals surface area contributed by atoms with E-state index in [1.807, 2.05) is 24.3 Å². The van der Waals surface area contributed by atoms with Crippen LogP contribution in [-0.4, -0.2) is 36.1 Å². The fourth-order valence-corrected chi connectivity index (χ4v) is 2.94. The van der Waals surface area contributed by atoms with Crippen LogP contribution in [-0.2, 0) is 6.54 Å². The molecule has 0 bridgehead atoms. The van der Waals surface area contributed by atoms with E-state index in [0.29, 0.717) is 22.8 Å². The van der Waals surface area contributed by atoms with Crippen LogP contribution in [0.4, 0.5) is 0 Å². The van der Waals surface area contributed by atoms with E-state index in [2.05, 4.69) is 10.4 Å². The molecule has 8 heteroatoms. The predicted octanol–water partition coefficient (Wildman–Crippen LogP) is 2.08. The Bertz CT molecular complexity index is 1090. The van der Waals surface area contributed by atoms with Crippen LogP contribution in [0, 0.1) is 0 Å². The third-order valence-electron chi connectivity index (χ3n) is 4.50. The highest BCUT2D eigenvalue weighted by atomic mass is 16.7. The van der Waals surface area contributed by atoms with E-state index >= 15 is 0 Å². The number of nitrogens with one attached hydrogen (secondary N) is 1. The Balaban J connectivity index is 1.41. The third-order valence-corrected chi connectivity index (χ3v) is 4.50. The summed E-state index contributed by atoms with van der Waals surface area (Å²) in [6.07, 6.45) is 0. The summed E-state index contributed by atoms with van der Waals surface area (Å²) in [6, 6.07) is 15.5. The average Bonchev–Trinajstić information content (AvgIpc) is 3.23. The molecule has 1 aliphatic rings. The Kier molecular flexibility index (Phi) is 5.15. The van der Waals surface area contributed by atoms with Gasteiger partial charge in [-0.3, -0.25) is 9.59 Å². The minimum Gasteiger partial charge on any atom is -0.497 e. The van der Waals surface area contributed by atoms with E-state index in [1.165, 1.54) is 10.7 Å². The highest BCUT2D eigenvalue weighted by Gasteiger charge is 2.16. The van der Waals surface area contributed by atoms with Crippen molar-refractivity contribution in [2.45, 2.75) is 6.54 Å². The lowest BCUT2D eigenvalue weighted by Crippen LogP contribution is -2.31. The quantitative estimate of drug-likeness (QED) is 0.689. The molecule has 29 heavy (non-hydrogen) atoms. The van der Waals surface area contributed by atoms with Crippen LogP contribution in [0.25, 0.3) is 11.3 Å². The van der Waals surface area contributed by atoms with Crippen LogP contribution in [0.15, 0.2) is 59.4 Å². The highest BCUT2D eigenvalue weighted by molar-refractivity contribution is 5.94. The fourth-order valence-electron chi connectivity index (χ4n) is 2.94. The van der Waals surface area contributed by atoms with E-state index in [0.717, 1.165) is 11.3 Å². The molecule has 0 saturated carbocycles. The van der Waals surface area contributed by atoms with Gasteiger partial charge in [0, 0.05) is 23.7 Å². The van der Waals surface area contributed by atoms with Gasteiger partial charge in [0.05, 0.1) is 19.3 Å². The molecule has 0 aliphatic carbocycles. The molecule has 1 aliphatic heterocycles. The van der Waals surface area contributed by atoms with E-state index < -0.39 is 0 Å². The molecule has 0 radical (unpaired) electrons. The second kappa shape index (κ2) is 8.05. The number of rotatable bonds is 6. The molecule has 1 amide bonds. The molecule has 0 spiro atoms. The molecule has 0 fully saturated rings. The van der Waals surface area contributed by atoms with E-state index in [9.17, 15) is 9.59 Å². The van der Waals surface area contributed by atoms with Crippen LogP contribution in [0.3, 0.4) is 0 Å². The Morgan fingerprint density at radius 1 is 1.10 bits per heavy atom. The lowest BCUT2D eigenvalue weighted by Gasteiger charge is -2.09. The first-order valence-electron chi connectivity index (χ1n) is 9.04. The minimum atomic E-state index is -0.261. The number of amides is 1. The Labute approximate surface area is 166 Å². The number of methoxy groups -OCH3 is 1. The lowest BCUT2D eigenvalue weighted by atomic mass is 10.1. The molecule has 2 aromatic carbocycles. The summed E-state index contributed by atoms with van der Waals surface area (Å²) in [4.78, 5) is 24.5. The van der Waals surface area contributed by atoms with Crippen LogP contribution in [0.2, 0.25) is 0 Å². The molecule has 1 N–H and O–H groups in total. The molecule has 4 rings (SSSR count). The summed E-state index contributed by atoms with van der Waals surface area (Å²) in [5.74, 6) is 1.64.